The van der Waals surface area contributed by atoms with Gasteiger partial charge >= 0.3 is 6.03 Å². The Bertz CT molecular complexity index is 1080. The van der Waals surface area contributed by atoms with Crippen LogP contribution in [0.2, 0.25) is 0 Å². The van der Waals surface area contributed by atoms with Crippen LogP contribution in [0.4, 0.5) is 16.2 Å². The van der Waals surface area contributed by atoms with Crippen LogP contribution in [0.5, 0.6) is 0 Å². The fourth-order valence-corrected chi connectivity index (χ4v) is 5.23. The second-order valence-corrected chi connectivity index (χ2v) is 8.65. The van der Waals surface area contributed by atoms with Gasteiger partial charge in [-0.1, -0.05) is 24.6 Å². The number of nitrogens with zero attached hydrogens (tertiary/aromatic N) is 2. The van der Waals surface area contributed by atoms with Crippen molar-refractivity contribution in [3.63, 3.8) is 0 Å². The molecular formula is C25H28N4O2. The number of nitrogens with one attached hydrogen (secondary N) is 2. The smallest absolute Gasteiger partial charge is 0.332 e. The first-order valence-electron chi connectivity index (χ1n) is 11.2. The molecule has 2 atom stereocenters. The fraction of sp³-hybridized carbons (Fsp3) is 0.360. The molecule has 0 bridgehead atoms. The van der Waals surface area contributed by atoms with Gasteiger partial charge in [-0.25, -0.2) is 9.69 Å². The highest BCUT2D eigenvalue weighted by atomic mass is 16.2. The molecule has 2 aliphatic heterocycles. The summed E-state index contributed by atoms with van der Waals surface area (Å²) in [5.74, 6) is 0.537. The molecule has 31 heavy (non-hydrogen) atoms. The molecule has 2 saturated heterocycles. The summed E-state index contributed by atoms with van der Waals surface area (Å²) in [6.45, 7) is 2.42. The maximum Gasteiger partial charge on any atom is 0.332 e. The number of carbonyl (C=O) groups is 2. The van der Waals surface area contributed by atoms with E-state index in [1.54, 1.807) is 24.3 Å². The van der Waals surface area contributed by atoms with Gasteiger partial charge in [0.1, 0.15) is 0 Å². The van der Waals surface area contributed by atoms with E-state index in [1.165, 1.54) is 50.8 Å². The van der Waals surface area contributed by atoms with E-state index >= 15 is 0 Å². The molecule has 0 radical (unpaired) electrons. The van der Waals surface area contributed by atoms with Crippen LogP contribution in [0.25, 0.3) is 10.9 Å². The highest BCUT2D eigenvalue weighted by molar-refractivity contribution is 6.12. The largest absolute Gasteiger partial charge is 0.361 e. The maximum absolute atomic E-state index is 12.7. The molecule has 2 aliphatic rings. The minimum Gasteiger partial charge on any atom is -0.361 e. The number of hydrogen-bond donors (Lipinski definition) is 2. The lowest BCUT2D eigenvalue weighted by Gasteiger charge is -2.42. The SMILES string of the molecule is O=CN(C(=O)Nc1ccc2[nH]cc(C3CCN4CCCCC4C3)c2c1)c1ccccc1. The van der Waals surface area contributed by atoms with Gasteiger partial charge in [0.2, 0.25) is 6.41 Å². The molecule has 6 heteroatoms. The van der Waals surface area contributed by atoms with Gasteiger partial charge in [-0.15, -0.1) is 0 Å². The van der Waals surface area contributed by atoms with Gasteiger partial charge in [0.15, 0.2) is 0 Å². The fourth-order valence-electron chi connectivity index (χ4n) is 5.23. The van der Waals surface area contributed by atoms with Crippen LogP contribution in [0.3, 0.4) is 0 Å². The third-order valence-electron chi connectivity index (χ3n) is 6.83. The summed E-state index contributed by atoms with van der Waals surface area (Å²) < 4.78 is 0. The monoisotopic (exact) mass is 416 g/mol. The highest BCUT2D eigenvalue weighted by Gasteiger charge is 2.31. The molecule has 2 unspecified atom stereocenters. The van der Waals surface area contributed by atoms with Crippen LogP contribution in [0.15, 0.2) is 54.7 Å². The molecule has 1 aromatic heterocycles. The number of benzene rings is 2. The van der Waals surface area contributed by atoms with Crippen molar-refractivity contribution in [3.8, 4) is 0 Å². The second kappa shape index (κ2) is 8.55. The van der Waals surface area contributed by atoms with E-state index < -0.39 is 6.03 Å². The Morgan fingerprint density at radius 1 is 1.10 bits per heavy atom. The summed E-state index contributed by atoms with van der Waals surface area (Å²) in [6.07, 6.45) is 9.04. The standard InChI is InChI=1S/C25H28N4O2/c30-17-29(20-6-2-1-3-7-20)25(31)27-19-9-10-24-22(15-19)23(16-26-24)18-11-13-28-12-5-4-8-21(28)14-18/h1-3,6-7,9-10,15-18,21,26H,4-5,8,11-14H2,(H,27,31). The number of carbonyl (C=O) groups excluding carboxylic acids is 2. The Hall–Kier alpha value is -3.12. The number of H-pyrrole nitrogens is 1. The second-order valence-electron chi connectivity index (χ2n) is 8.65. The molecule has 2 fully saturated rings. The Balaban J connectivity index is 1.36. The van der Waals surface area contributed by atoms with E-state index in [0.29, 0.717) is 29.7 Å². The summed E-state index contributed by atoms with van der Waals surface area (Å²) in [6, 6.07) is 15.1. The van der Waals surface area contributed by atoms with Crippen molar-refractivity contribution in [2.45, 2.75) is 44.1 Å². The van der Waals surface area contributed by atoms with E-state index in [2.05, 4.69) is 21.4 Å². The third kappa shape index (κ3) is 3.95. The number of piperidine rings is 2. The van der Waals surface area contributed by atoms with Gasteiger partial charge in [0, 0.05) is 28.8 Å². The Morgan fingerprint density at radius 3 is 2.81 bits per heavy atom. The first kappa shape index (κ1) is 19.8. The van der Waals surface area contributed by atoms with Crippen LogP contribution in [0.1, 0.15) is 43.6 Å². The van der Waals surface area contributed by atoms with E-state index in [-0.39, 0.29) is 0 Å². The van der Waals surface area contributed by atoms with E-state index in [4.69, 9.17) is 0 Å². The highest BCUT2D eigenvalue weighted by Crippen LogP contribution is 2.38. The first-order chi connectivity index (χ1) is 15.2. The van der Waals surface area contributed by atoms with E-state index in [1.807, 2.05) is 24.3 Å². The zero-order valence-corrected chi connectivity index (χ0v) is 17.6. The van der Waals surface area contributed by atoms with Crippen molar-refractivity contribution in [1.29, 1.82) is 0 Å². The third-order valence-corrected chi connectivity index (χ3v) is 6.83. The molecule has 0 spiro atoms. The molecule has 3 heterocycles. The average molecular weight is 417 g/mol. The lowest BCUT2D eigenvalue weighted by molar-refractivity contribution is -0.106. The number of aromatic nitrogens is 1. The van der Waals surface area contributed by atoms with Gasteiger partial charge in [0.25, 0.3) is 0 Å². The van der Waals surface area contributed by atoms with Gasteiger partial charge in [0.05, 0.1) is 5.69 Å². The van der Waals surface area contributed by atoms with Gasteiger partial charge in [-0.3, -0.25) is 4.79 Å². The van der Waals surface area contributed by atoms with Crippen molar-refractivity contribution < 1.29 is 9.59 Å². The zero-order valence-electron chi connectivity index (χ0n) is 17.6. The number of hydrogen-bond acceptors (Lipinski definition) is 3. The molecule has 160 valence electrons. The van der Waals surface area contributed by atoms with Gasteiger partial charge in [-0.2, -0.15) is 0 Å². The van der Waals surface area contributed by atoms with Crippen molar-refractivity contribution in [2.75, 3.05) is 23.3 Å². The summed E-state index contributed by atoms with van der Waals surface area (Å²) in [5.41, 5.74) is 3.65. The Morgan fingerprint density at radius 2 is 1.97 bits per heavy atom. The number of amides is 3. The first-order valence-corrected chi connectivity index (χ1v) is 11.2. The van der Waals surface area contributed by atoms with Crippen molar-refractivity contribution in [2.24, 2.45) is 0 Å². The quantitative estimate of drug-likeness (QED) is 0.582. The van der Waals surface area contributed by atoms with Crippen LogP contribution in [-0.4, -0.2) is 41.5 Å². The molecule has 6 nitrogen and oxygen atoms in total. The Kier molecular flexibility index (Phi) is 5.47. The van der Waals surface area contributed by atoms with Crippen molar-refractivity contribution in [3.05, 3.63) is 60.3 Å². The van der Waals surface area contributed by atoms with Crippen LogP contribution in [0, 0.1) is 0 Å². The van der Waals surface area contributed by atoms with Crippen LogP contribution in [-0.2, 0) is 4.79 Å². The van der Waals surface area contributed by atoms with Gasteiger partial charge in [-0.05, 0) is 80.6 Å². The summed E-state index contributed by atoms with van der Waals surface area (Å²) in [4.78, 5) is 31.4. The minimum atomic E-state index is -0.465. The molecule has 2 N–H and O–H groups in total. The molecule has 0 saturated carbocycles. The summed E-state index contributed by atoms with van der Waals surface area (Å²) >= 11 is 0. The van der Waals surface area contributed by atoms with Gasteiger partial charge < -0.3 is 15.2 Å². The van der Waals surface area contributed by atoms with Crippen molar-refractivity contribution >= 4 is 34.7 Å². The van der Waals surface area contributed by atoms with E-state index in [0.717, 1.165) is 15.8 Å². The minimum absolute atomic E-state index is 0.465. The average Bonchev–Trinajstić information content (AvgIpc) is 3.23. The number of para-hydroxylation sites is 1. The van der Waals surface area contributed by atoms with Crippen molar-refractivity contribution in [1.82, 2.24) is 9.88 Å². The summed E-state index contributed by atoms with van der Waals surface area (Å²) in [5, 5.41) is 4.04. The molecule has 2 aromatic carbocycles. The molecule has 3 aromatic rings. The molecule has 3 amide bonds. The predicted molar refractivity (Wildman–Crippen MR) is 123 cm³/mol. The Labute approximate surface area is 182 Å². The maximum atomic E-state index is 12.7. The lowest BCUT2D eigenvalue weighted by atomic mass is 9.82. The van der Waals surface area contributed by atoms with E-state index in [9.17, 15) is 9.59 Å². The number of fused-ring (bicyclic) bond motifs is 2. The summed E-state index contributed by atoms with van der Waals surface area (Å²) in [7, 11) is 0. The number of rotatable bonds is 4. The number of imide groups is 1. The van der Waals surface area contributed by atoms with Crippen LogP contribution >= 0.6 is 0 Å². The molecule has 0 aliphatic carbocycles. The lowest BCUT2D eigenvalue weighted by Crippen LogP contribution is -2.44. The number of anilines is 2. The molecular weight excluding hydrogens is 388 g/mol. The number of aromatic amines is 1. The number of urea groups is 1. The topological polar surface area (TPSA) is 68.4 Å². The normalized spacial score (nSPS) is 21.4. The molecule has 5 rings (SSSR count). The van der Waals surface area contributed by atoms with Crippen LogP contribution < -0.4 is 10.2 Å². The predicted octanol–water partition coefficient (Wildman–Crippen LogP) is 5.09. The zero-order chi connectivity index (χ0) is 21.2.